The Morgan fingerprint density at radius 2 is 0.785 bits per heavy atom. The van der Waals surface area contributed by atoms with Crippen LogP contribution in [0.4, 0.5) is 0 Å². The van der Waals surface area contributed by atoms with Crippen molar-refractivity contribution in [3.63, 3.8) is 0 Å². The van der Waals surface area contributed by atoms with Gasteiger partial charge in [0.05, 0.1) is 40.3 Å². The van der Waals surface area contributed by atoms with Gasteiger partial charge in [-0.2, -0.15) is 0 Å². The highest BCUT2D eigenvalue weighted by Gasteiger charge is 2.22. The number of carboxylic acid groups (broad SMARTS) is 1. The maximum absolute atomic E-state index is 12.8. The topological polar surface area (TPSA) is 111 Å². The van der Waals surface area contributed by atoms with Gasteiger partial charge >= 0.3 is 11.9 Å². The monoisotopic (exact) mass is 922 g/mol. The molecule has 0 heterocycles. The van der Waals surface area contributed by atoms with Gasteiger partial charge in [0.1, 0.15) is 13.2 Å². The molecule has 0 spiro atoms. The Kier molecular flexibility index (Phi) is 47.0. The lowest BCUT2D eigenvalue weighted by molar-refractivity contribution is -0.870. The standard InChI is InChI=1S/C56H107NO8/c1-6-8-10-12-14-15-16-17-18-19-20-21-22-23-24-25-26-27-28-29-30-31-32-33-34-35-36-37-38-39-41-43-45-47-54(59)65-52(50-63-53(58)46-44-42-40-13-11-9-7-2)51-64-56(55(60)61)62-49-48-57(3,4)5/h19-20,52,56H,6-18,21-51H2,1-5H3/b20-19-. The third-order valence-electron chi connectivity index (χ3n) is 12.5. The number of carbonyl (C=O) groups is 3. The van der Waals surface area contributed by atoms with Crippen LogP contribution < -0.4 is 5.11 Å². The van der Waals surface area contributed by atoms with Crippen molar-refractivity contribution in [3.8, 4) is 0 Å². The lowest BCUT2D eigenvalue weighted by Gasteiger charge is -2.26. The molecule has 0 radical (unpaired) electrons. The highest BCUT2D eigenvalue weighted by atomic mass is 16.7. The molecule has 0 aliphatic carbocycles. The number of aliphatic carboxylic acids is 1. The van der Waals surface area contributed by atoms with Crippen LogP contribution in [0.2, 0.25) is 0 Å². The minimum Gasteiger partial charge on any atom is -0.545 e. The molecule has 0 aliphatic heterocycles. The number of allylic oxidation sites excluding steroid dienone is 2. The quantitative estimate of drug-likeness (QED) is 0.0195. The first-order valence-electron chi connectivity index (χ1n) is 27.8. The number of nitrogens with zero attached hydrogens (tertiary/aromatic N) is 1. The number of esters is 2. The third kappa shape index (κ3) is 49.8. The Morgan fingerprint density at radius 1 is 0.446 bits per heavy atom. The van der Waals surface area contributed by atoms with Crippen molar-refractivity contribution >= 4 is 17.9 Å². The van der Waals surface area contributed by atoms with Crippen molar-refractivity contribution in [2.75, 3.05) is 47.5 Å². The Bertz CT molecular complexity index is 1070. The van der Waals surface area contributed by atoms with Crippen LogP contribution in [0.15, 0.2) is 12.2 Å². The van der Waals surface area contributed by atoms with E-state index < -0.39 is 24.3 Å². The molecule has 0 saturated carbocycles. The van der Waals surface area contributed by atoms with Crippen LogP contribution in [0.3, 0.4) is 0 Å². The van der Waals surface area contributed by atoms with Gasteiger partial charge in [-0.1, -0.05) is 231 Å². The Morgan fingerprint density at radius 3 is 1.14 bits per heavy atom. The van der Waals surface area contributed by atoms with Gasteiger partial charge in [0.25, 0.3) is 0 Å². The van der Waals surface area contributed by atoms with Crippen molar-refractivity contribution < 1.29 is 42.9 Å². The van der Waals surface area contributed by atoms with Crippen LogP contribution in [0.5, 0.6) is 0 Å². The molecule has 384 valence electrons. The second kappa shape index (κ2) is 48.5. The van der Waals surface area contributed by atoms with Gasteiger partial charge in [0, 0.05) is 12.8 Å². The van der Waals surface area contributed by atoms with E-state index in [0.717, 1.165) is 38.5 Å². The molecule has 0 amide bonds. The number of quaternary nitrogens is 1. The lowest BCUT2D eigenvalue weighted by atomic mass is 10.0. The first-order valence-corrected chi connectivity index (χ1v) is 27.8. The molecule has 0 saturated heterocycles. The van der Waals surface area contributed by atoms with Crippen molar-refractivity contribution in [1.29, 1.82) is 0 Å². The number of hydrogen-bond acceptors (Lipinski definition) is 8. The maximum Gasteiger partial charge on any atom is 0.306 e. The van der Waals surface area contributed by atoms with Crippen molar-refractivity contribution in [3.05, 3.63) is 12.2 Å². The first kappa shape index (κ1) is 63.0. The van der Waals surface area contributed by atoms with Gasteiger partial charge in [0.2, 0.25) is 0 Å². The highest BCUT2D eigenvalue weighted by Crippen LogP contribution is 2.17. The molecule has 9 nitrogen and oxygen atoms in total. The molecular formula is C56H107NO8. The van der Waals surface area contributed by atoms with Crippen molar-refractivity contribution in [2.24, 2.45) is 0 Å². The Balaban J connectivity index is 3.91. The van der Waals surface area contributed by atoms with E-state index in [1.54, 1.807) is 0 Å². The van der Waals surface area contributed by atoms with Crippen LogP contribution in [0.1, 0.15) is 271 Å². The largest absolute Gasteiger partial charge is 0.545 e. The van der Waals surface area contributed by atoms with E-state index in [2.05, 4.69) is 26.0 Å². The predicted octanol–water partition coefficient (Wildman–Crippen LogP) is 14.5. The molecule has 0 aromatic carbocycles. The summed E-state index contributed by atoms with van der Waals surface area (Å²) in [6.07, 6.45) is 51.7. The van der Waals surface area contributed by atoms with Gasteiger partial charge in [-0.25, -0.2) is 0 Å². The van der Waals surface area contributed by atoms with Gasteiger partial charge in [0.15, 0.2) is 12.4 Å². The molecule has 0 aromatic rings. The summed E-state index contributed by atoms with van der Waals surface area (Å²) in [5.74, 6) is -2.27. The fraction of sp³-hybridized carbons (Fsp3) is 0.911. The molecular weight excluding hydrogens is 815 g/mol. The summed E-state index contributed by atoms with van der Waals surface area (Å²) in [4.78, 5) is 36.9. The van der Waals surface area contributed by atoms with Gasteiger partial charge in [-0.05, 0) is 38.5 Å². The number of hydrogen-bond donors (Lipinski definition) is 0. The minimum atomic E-state index is -1.61. The lowest BCUT2D eigenvalue weighted by Crippen LogP contribution is -2.44. The van der Waals surface area contributed by atoms with E-state index in [1.165, 1.54) is 205 Å². The molecule has 2 unspecified atom stereocenters. The second-order valence-electron chi connectivity index (χ2n) is 20.2. The molecule has 0 N–H and O–H groups in total. The average molecular weight is 922 g/mol. The zero-order chi connectivity index (χ0) is 47.7. The summed E-state index contributed by atoms with van der Waals surface area (Å²) in [7, 11) is 5.92. The number of likely N-dealkylation sites (N-methyl/N-ethyl adjacent to an activating group) is 1. The fourth-order valence-corrected chi connectivity index (χ4v) is 8.18. The number of carbonyl (C=O) groups excluding carboxylic acids is 3. The van der Waals surface area contributed by atoms with E-state index in [9.17, 15) is 19.5 Å². The van der Waals surface area contributed by atoms with Crippen LogP contribution in [-0.4, -0.2) is 82.3 Å². The fourth-order valence-electron chi connectivity index (χ4n) is 8.18. The summed E-state index contributed by atoms with van der Waals surface area (Å²) in [6.45, 7) is 4.73. The summed E-state index contributed by atoms with van der Waals surface area (Å²) < 4.78 is 22.5. The predicted molar refractivity (Wildman–Crippen MR) is 270 cm³/mol. The van der Waals surface area contributed by atoms with E-state index in [4.69, 9.17) is 18.9 Å². The number of ether oxygens (including phenoxy) is 4. The number of carboxylic acids is 1. The molecule has 9 heteroatoms. The highest BCUT2D eigenvalue weighted by molar-refractivity contribution is 5.70. The van der Waals surface area contributed by atoms with Crippen LogP contribution in [0, 0.1) is 0 Å². The summed E-state index contributed by atoms with van der Waals surface area (Å²) in [5.41, 5.74) is 0. The summed E-state index contributed by atoms with van der Waals surface area (Å²) >= 11 is 0. The van der Waals surface area contributed by atoms with Gasteiger partial charge in [-0.3, -0.25) is 9.59 Å². The van der Waals surface area contributed by atoms with Gasteiger partial charge < -0.3 is 33.3 Å². The van der Waals surface area contributed by atoms with Crippen molar-refractivity contribution in [2.45, 2.75) is 283 Å². The van der Waals surface area contributed by atoms with E-state index in [0.29, 0.717) is 17.4 Å². The second-order valence-corrected chi connectivity index (χ2v) is 20.2. The maximum atomic E-state index is 12.8. The molecule has 2 atom stereocenters. The van der Waals surface area contributed by atoms with Crippen LogP contribution in [0.25, 0.3) is 0 Å². The smallest absolute Gasteiger partial charge is 0.306 e. The summed E-state index contributed by atoms with van der Waals surface area (Å²) in [5, 5.41) is 11.7. The van der Waals surface area contributed by atoms with E-state index in [1.807, 2.05) is 21.1 Å². The van der Waals surface area contributed by atoms with E-state index in [-0.39, 0.29) is 32.2 Å². The first-order chi connectivity index (χ1) is 31.6. The van der Waals surface area contributed by atoms with Gasteiger partial charge in [-0.15, -0.1) is 0 Å². The summed E-state index contributed by atoms with van der Waals surface area (Å²) in [6, 6.07) is 0. The molecule has 0 fully saturated rings. The molecule has 65 heavy (non-hydrogen) atoms. The van der Waals surface area contributed by atoms with Crippen LogP contribution >= 0.6 is 0 Å². The SMILES string of the molecule is CCCCCCCCCC/C=C\CCCCCCCCCCCCCCCCCCCCCCCC(=O)OC(COC(=O)CCCCCCCCC)COC(OCC[N+](C)(C)C)C(=O)[O-]. The van der Waals surface area contributed by atoms with E-state index >= 15 is 0 Å². The normalized spacial score (nSPS) is 12.8. The Hall–Kier alpha value is -1.97. The molecule has 0 aromatic heterocycles. The van der Waals surface area contributed by atoms with Crippen LogP contribution in [-0.2, 0) is 33.3 Å². The molecule has 0 bridgehead atoms. The molecule has 0 rings (SSSR count). The third-order valence-corrected chi connectivity index (χ3v) is 12.5. The average Bonchev–Trinajstić information content (AvgIpc) is 3.27. The Labute approximate surface area is 402 Å². The number of rotatable bonds is 52. The zero-order valence-electron chi connectivity index (χ0n) is 43.6. The zero-order valence-corrected chi connectivity index (χ0v) is 43.6. The number of unbranched alkanes of at least 4 members (excludes halogenated alkanes) is 35. The van der Waals surface area contributed by atoms with Crippen molar-refractivity contribution in [1.82, 2.24) is 0 Å². The minimum absolute atomic E-state index is 0.152. The molecule has 0 aliphatic rings.